The lowest BCUT2D eigenvalue weighted by atomic mass is 10.1. The number of aryl methyl sites for hydroxylation is 1. The van der Waals surface area contributed by atoms with Gasteiger partial charge in [0.25, 0.3) is 0 Å². The topological polar surface area (TPSA) is 75.2 Å². The van der Waals surface area contributed by atoms with E-state index in [-0.39, 0.29) is 36.4 Å². The first-order valence-corrected chi connectivity index (χ1v) is 10.2. The van der Waals surface area contributed by atoms with Crippen molar-refractivity contribution < 1.29 is 14.3 Å². The van der Waals surface area contributed by atoms with Crippen molar-refractivity contribution in [3.63, 3.8) is 0 Å². The third kappa shape index (κ3) is 6.83. The fourth-order valence-corrected chi connectivity index (χ4v) is 3.43. The number of rotatable bonds is 8. The minimum atomic E-state index is 0. The van der Waals surface area contributed by atoms with Gasteiger partial charge in [-0.1, -0.05) is 30.3 Å². The van der Waals surface area contributed by atoms with Crippen LogP contribution in [0, 0.1) is 6.92 Å². The highest BCUT2D eigenvalue weighted by Gasteiger charge is 2.23. The van der Waals surface area contributed by atoms with E-state index in [4.69, 9.17) is 9.47 Å². The highest BCUT2D eigenvalue weighted by Crippen LogP contribution is 2.27. The first-order valence-electron chi connectivity index (χ1n) is 10.2. The zero-order valence-corrected chi connectivity index (χ0v) is 20.6. The molecule has 3 rings (SSSR count). The van der Waals surface area contributed by atoms with E-state index in [0.717, 1.165) is 35.5 Å². The molecule has 1 amide bonds. The average molecular weight is 538 g/mol. The van der Waals surface area contributed by atoms with Crippen LogP contribution in [0.3, 0.4) is 0 Å². The molecule has 0 aromatic heterocycles. The Hall–Kier alpha value is -2.33. The molecule has 1 aliphatic heterocycles. The minimum absolute atomic E-state index is 0. The molecule has 2 aromatic carbocycles. The molecule has 8 heteroatoms. The number of anilines is 1. The maximum absolute atomic E-state index is 12.7. The average Bonchev–Trinajstić information content (AvgIpc) is 3.19. The molecule has 0 bridgehead atoms. The Morgan fingerprint density at radius 1 is 1.16 bits per heavy atom. The zero-order chi connectivity index (χ0) is 21.3. The van der Waals surface area contributed by atoms with Crippen molar-refractivity contribution in [2.45, 2.75) is 19.9 Å². The van der Waals surface area contributed by atoms with Crippen LogP contribution in [-0.4, -0.2) is 52.3 Å². The molecular weight excluding hydrogens is 507 g/mol. The lowest BCUT2D eigenvalue weighted by Crippen LogP contribution is -2.44. The maximum Gasteiger partial charge on any atom is 0.246 e. The lowest BCUT2D eigenvalue weighted by molar-refractivity contribution is -0.117. The van der Waals surface area contributed by atoms with Crippen molar-refractivity contribution in [3.05, 3.63) is 59.2 Å². The van der Waals surface area contributed by atoms with Crippen LogP contribution >= 0.6 is 24.0 Å². The van der Waals surface area contributed by atoms with Crippen molar-refractivity contribution in [1.29, 1.82) is 0 Å². The van der Waals surface area contributed by atoms with Gasteiger partial charge in [-0.15, -0.1) is 24.0 Å². The van der Waals surface area contributed by atoms with Crippen molar-refractivity contribution >= 4 is 41.5 Å². The van der Waals surface area contributed by atoms with Gasteiger partial charge < -0.3 is 25.0 Å². The number of halogens is 1. The zero-order valence-electron chi connectivity index (χ0n) is 18.3. The SMILES string of the molecule is CN=C(NCC(=O)N1CCc2ccccc21)NCc1ccc(C)cc1OCCOC.I. The van der Waals surface area contributed by atoms with E-state index in [1.54, 1.807) is 14.2 Å². The molecule has 168 valence electrons. The van der Waals surface area contributed by atoms with Crippen molar-refractivity contribution in [1.82, 2.24) is 10.6 Å². The molecule has 7 nitrogen and oxygen atoms in total. The first kappa shape index (κ1) is 24.9. The molecule has 0 fully saturated rings. The number of amides is 1. The van der Waals surface area contributed by atoms with Crippen molar-refractivity contribution in [3.8, 4) is 5.75 Å². The molecule has 0 aliphatic carbocycles. The molecule has 0 unspecified atom stereocenters. The van der Waals surface area contributed by atoms with Gasteiger partial charge in [0.15, 0.2) is 5.96 Å². The van der Waals surface area contributed by atoms with Crippen LogP contribution in [0.1, 0.15) is 16.7 Å². The van der Waals surface area contributed by atoms with Crippen LogP contribution < -0.4 is 20.3 Å². The summed E-state index contributed by atoms with van der Waals surface area (Å²) in [4.78, 5) is 18.8. The summed E-state index contributed by atoms with van der Waals surface area (Å²) in [5.74, 6) is 1.42. The number of nitrogens with zero attached hydrogens (tertiary/aromatic N) is 2. The van der Waals surface area contributed by atoms with Crippen molar-refractivity contribution in [2.75, 3.05) is 45.4 Å². The monoisotopic (exact) mass is 538 g/mol. The van der Waals surface area contributed by atoms with Gasteiger partial charge in [0.2, 0.25) is 5.91 Å². The van der Waals surface area contributed by atoms with E-state index in [9.17, 15) is 4.79 Å². The molecule has 31 heavy (non-hydrogen) atoms. The molecule has 0 saturated heterocycles. The second-order valence-corrected chi connectivity index (χ2v) is 7.16. The third-order valence-electron chi connectivity index (χ3n) is 5.03. The number of hydrogen-bond acceptors (Lipinski definition) is 4. The summed E-state index contributed by atoms with van der Waals surface area (Å²) in [6.45, 7) is 4.49. The van der Waals surface area contributed by atoms with Crippen LogP contribution in [0.2, 0.25) is 0 Å². The fraction of sp³-hybridized carbons (Fsp3) is 0.391. The van der Waals surface area contributed by atoms with E-state index in [0.29, 0.717) is 25.7 Å². The Labute approximate surface area is 201 Å². The highest BCUT2D eigenvalue weighted by molar-refractivity contribution is 14.0. The standard InChI is InChI=1S/C23H30N4O3.HI/c1-17-8-9-19(21(14-17)30-13-12-29-3)15-25-23(24-2)26-16-22(28)27-11-10-18-6-4-5-7-20(18)27;/h4-9,14H,10-13,15-16H2,1-3H3,(H2,24,25,26);1H. The number of fused-ring (bicyclic) bond motifs is 1. The van der Waals surface area contributed by atoms with E-state index in [1.165, 1.54) is 5.56 Å². The molecule has 0 atom stereocenters. The van der Waals surface area contributed by atoms with Gasteiger partial charge in [-0.25, -0.2) is 0 Å². The molecule has 1 heterocycles. The summed E-state index contributed by atoms with van der Waals surface area (Å²) in [7, 11) is 3.34. The van der Waals surface area contributed by atoms with Crippen LogP contribution in [0.15, 0.2) is 47.5 Å². The van der Waals surface area contributed by atoms with Gasteiger partial charge in [0, 0.05) is 38.5 Å². The summed E-state index contributed by atoms with van der Waals surface area (Å²) in [5, 5.41) is 6.38. The summed E-state index contributed by atoms with van der Waals surface area (Å²) < 4.78 is 10.9. The number of benzene rings is 2. The van der Waals surface area contributed by atoms with Gasteiger partial charge in [-0.05, 0) is 36.6 Å². The Morgan fingerprint density at radius 3 is 2.74 bits per heavy atom. The second kappa shape index (κ2) is 12.5. The smallest absolute Gasteiger partial charge is 0.246 e. The van der Waals surface area contributed by atoms with E-state index in [1.807, 2.05) is 48.2 Å². The highest BCUT2D eigenvalue weighted by atomic mass is 127. The first-order chi connectivity index (χ1) is 14.6. The molecule has 2 aromatic rings. The Bertz CT molecular complexity index is 904. The summed E-state index contributed by atoms with van der Waals surface area (Å²) in [5.41, 5.74) is 4.36. The van der Waals surface area contributed by atoms with Crippen LogP contribution in [0.5, 0.6) is 5.75 Å². The third-order valence-corrected chi connectivity index (χ3v) is 5.03. The molecule has 0 radical (unpaired) electrons. The number of nitrogens with one attached hydrogen (secondary N) is 2. The van der Waals surface area contributed by atoms with Gasteiger partial charge in [0.05, 0.1) is 13.2 Å². The van der Waals surface area contributed by atoms with Crippen LogP contribution in [0.4, 0.5) is 5.69 Å². The van der Waals surface area contributed by atoms with Crippen LogP contribution in [0.25, 0.3) is 0 Å². The minimum Gasteiger partial charge on any atom is -0.491 e. The Kier molecular flexibility index (Phi) is 10.1. The normalized spacial score (nSPS) is 12.7. The number of guanidine groups is 1. The number of hydrogen-bond donors (Lipinski definition) is 2. The van der Waals surface area contributed by atoms with Gasteiger partial charge in [-0.2, -0.15) is 0 Å². The van der Waals surface area contributed by atoms with E-state index < -0.39 is 0 Å². The second-order valence-electron chi connectivity index (χ2n) is 7.16. The quantitative estimate of drug-likeness (QED) is 0.234. The maximum atomic E-state index is 12.7. The summed E-state index contributed by atoms with van der Waals surface area (Å²) in [6, 6.07) is 14.1. The molecule has 1 aliphatic rings. The van der Waals surface area contributed by atoms with Gasteiger partial charge in [0.1, 0.15) is 12.4 Å². The van der Waals surface area contributed by atoms with E-state index in [2.05, 4.69) is 21.7 Å². The predicted molar refractivity (Wildman–Crippen MR) is 135 cm³/mol. The van der Waals surface area contributed by atoms with E-state index >= 15 is 0 Å². The number of carbonyl (C=O) groups excluding carboxylic acids is 1. The molecule has 0 spiro atoms. The van der Waals surface area contributed by atoms with Gasteiger partial charge >= 0.3 is 0 Å². The number of para-hydroxylation sites is 1. The molecule has 0 saturated carbocycles. The lowest BCUT2D eigenvalue weighted by Gasteiger charge is -2.19. The van der Waals surface area contributed by atoms with Crippen LogP contribution in [-0.2, 0) is 22.5 Å². The Balaban J connectivity index is 0.00000341. The summed E-state index contributed by atoms with van der Waals surface area (Å²) in [6.07, 6.45) is 0.897. The number of ether oxygens (including phenoxy) is 2. The molecular formula is C23H31IN4O3. The number of methoxy groups -OCH3 is 1. The molecule has 2 N–H and O–H groups in total. The van der Waals surface area contributed by atoms with Gasteiger partial charge in [-0.3, -0.25) is 9.79 Å². The summed E-state index contributed by atoms with van der Waals surface area (Å²) >= 11 is 0. The number of aliphatic imine (C=N–C) groups is 1. The largest absolute Gasteiger partial charge is 0.491 e. The Morgan fingerprint density at radius 2 is 1.97 bits per heavy atom. The van der Waals surface area contributed by atoms with Crippen molar-refractivity contribution in [2.24, 2.45) is 4.99 Å². The predicted octanol–water partition coefficient (Wildman–Crippen LogP) is 2.89. The fourth-order valence-electron chi connectivity index (χ4n) is 3.43. The number of carbonyl (C=O) groups is 1.